The molecular formula is C18H19NS. The molecule has 0 amide bonds. The van der Waals surface area contributed by atoms with E-state index in [0.29, 0.717) is 6.04 Å². The van der Waals surface area contributed by atoms with E-state index in [9.17, 15) is 0 Å². The fourth-order valence-corrected chi connectivity index (χ4v) is 2.48. The van der Waals surface area contributed by atoms with Crippen molar-refractivity contribution in [2.24, 2.45) is 4.99 Å². The van der Waals surface area contributed by atoms with Crippen molar-refractivity contribution >= 4 is 22.5 Å². The molecule has 0 spiro atoms. The minimum Gasteiger partial charge on any atom is -0.239 e. The van der Waals surface area contributed by atoms with Gasteiger partial charge in [-0.15, -0.1) is 0 Å². The quantitative estimate of drug-likeness (QED) is 0.536. The Bertz CT molecular complexity index is 583. The SMILES string of the molecule is CCC(C)N=C=C(Sc1ccccc1)c1ccccc1. The Balaban J connectivity index is 2.32. The zero-order chi connectivity index (χ0) is 14.2. The van der Waals surface area contributed by atoms with Crippen LogP contribution in [0.3, 0.4) is 0 Å². The highest BCUT2D eigenvalue weighted by Crippen LogP contribution is 2.31. The first-order valence-corrected chi connectivity index (χ1v) is 7.72. The summed E-state index contributed by atoms with van der Waals surface area (Å²) in [6.07, 6.45) is 1.03. The van der Waals surface area contributed by atoms with E-state index in [1.165, 1.54) is 4.90 Å². The number of hydrogen-bond donors (Lipinski definition) is 0. The Kier molecular flexibility index (Phi) is 5.67. The molecule has 0 saturated carbocycles. The lowest BCUT2D eigenvalue weighted by molar-refractivity contribution is 0.722. The highest BCUT2D eigenvalue weighted by molar-refractivity contribution is 8.08. The van der Waals surface area contributed by atoms with Crippen LogP contribution >= 0.6 is 11.8 Å². The van der Waals surface area contributed by atoms with Gasteiger partial charge in [-0.2, -0.15) is 0 Å². The second kappa shape index (κ2) is 7.74. The maximum atomic E-state index is 4.51. The lowest BCUT2D eigenvalue weighted by Gasteiger charge is -2.05. The number of rotatable bonds is 5. The van der Waals surface area contributed by atoms with Crippen LogP contribution in [0.2, 0.25) is 0 Å². The molecule has 0 bridgehead atoms. The molecule has 1 nitrogen and oxygen atoms in total. The van der Waals surface area contributed by atoms with Gasteiger partial charge in [-0.3, -0.25) is 0 Å². The molecule has 1 unspecified atom stereocenters. The second-order valence-electron chi connectivity index (χ2n) is 4.61. The van der Waals surface area contributed by atoms with E-state index < -0.39 is 0 Å². The van der Waals surface area contributed by atoms with E-state index in [0.717, 1.165) is 16.9 Å². The van der Waals surface area contributed by atoms with Crippen molar-refractivity contribution in [2.75, 3.05) is 0 Å². The second-order valence-corrected chi connectivity index (χ2v) is 5.69. The van der Waals surface area contributed by atoms with E-state index in [4.69, 9.17) is 0 Å². The molecule has 0 fully saturated rings. The van der Waals surface area contributed by atoms with Crippen LogP contribution in [0.1, 0.15) is 25.8 Å². The zero-order valence-electron chi connectivity index (χ0n) is 11.9. The third-order valence-electron chi connectivity index (χ3n) is 2.98. The van der Waals surface area contributed by atoms with Crippen LogP contribution in [0.25, 0.3) is 4.91 Å². The predicted octanol–water partition coefficient (Wildman–Crippen LogP) is 5.29. The molecular weight excluding hydrogens is 262 g/mol. The molecule has 0 aliphatic carbocycles. The molecule has 1 atom stereocenters. The van der Waals surface area contributed by atoms with Crippen molar-refractivity contribution in [1.29, 1.82) is 0 Å². The molecule has 0 saturated heterocycles. The number of nitrogens with zero attached hydrogens (tertiary/aromatic N) is 1. The van der Waals surface area contributed by atoms with Gasteiger partial charge in [-0.25, -0.2) is 4.99 Å². The molecule has 0 heterocycles. The molecule has 102 valence electrons. The average molecular weight is 281 g/mol. The average Bonchev–Trinajstić information content (AvgIpc) is 2.53. The molecule has 0 N–H and O–H groups in total. The third-order valence-corrected chi connectivity index (χ3v) is 4.02. The number of benzene rings is 2. The van der Waals surface area contributed by atoms with Gasteiger partial charge in [0.2, 0.25) is 0 Å². The molecule has 0 radical (unpaired) electrons. The van der Waals surface area contributed by atoms with Crippen LogP contribution in [-0.2, 0) is 0 Å². The number of thioether (sulfide) groups is 1. The van der Waals surface area contributed by atoms with Gasteiger partial charge >= 0.3 is 0 Å². The van der Waals surface area contributed by atoms with Crippen LogP contribution in [0.5, 0.6) is 0 Å². The predicted molar refractivity (Wildman–Crippen MR) is 89.3 cm³/mol. The zero-order valence-corrected chi connectivity index (χ0v) is 12.7. The normalized spacial score (nSPS) is 11.5. The topological polar surface area (TPSA) is 12.4 Å². The van der Waals surface area contributed by atoms with Crippen LogP contribution in [0.15, 0.2) is 70.6 Å². The van der Waals surface area contributed by atoms with Crippen molar-refractivity contribution in [3.63, 3.8) is 0 Å². The summed E-state index contributed by atoms with van der Waals surface area (Å²) in [5.41, 5.74) is 1.16. The standard InChI is InChI=1S/C18H19NS/c1-3-15(2)19-14-18(16-10-6-4-7-11-16)20-17-12-8-5-9-13-17/h4-13,15H,3H2,1-2H3. The first kappa shape index (κ1) is 14.6. The van der Waals surface area contributed by atoms with Crippen molar-refractivity contribution < 1.29 is 0 Å². The van der Waals surface area contributed by atoms with Crippen LogP contribution in [0.4, 0.5) is 0 Å². The highest BCUT2D eigenvalue weighted by Gasteiger charge is 2.04. The van der Waals surface area contributed by atoms with Crippen LogP contribution < -0.4 is 0 Å². The van der Waals surface area contributed by atoms with Gasteiger partial charge in [0.1, 0.15) is 0 Å². The van der Waals surface area contributed by atoms with Crippen molar-refractivity contribution in [1.82, 2.24) is 0 Å². The summed E-state index contributed by atoms with van der Waals surface area (Å²) in [7, 11) is 0. The first-order chi connectivity index (χ1) is 9.79. The lowest BCUT2D eigenvalue weighted by Crippen LogP contribution is -1.93. The summed E-state index contributed by atoms with van der Waals surface area (Å²) < 4.78 is 0. The molecule has 2 aromatic rings. The Morgan fingerprint density at radius 1 is 1.05 bits per heavy atom. The third kappa shape index (κ3) is 4.41. The first-order valence-electron chi connectivity index (χ1n) is 6.90. The fourth-order valence-electron chi connectivity index (χ4n) is 1.60. The minimum absolute atomic E-state index is 0.310. The van der Waals surface area contributed by atoms with Crippen molar-refractivity contribution in [3.8, 4) is 0 Å². The van der Waals surface area contributed by atoms with Crippen molar-refractivity contribution in [3.05, 3.63) is 66.2 Å². The summed E-state index contributed by atoms with van der Waals surface area (Å²) in [5.74, 6) is 3.24. The number of aliphatic imine (C=N–C) groups is 1. The largest absolute Gasteiger partial charge is 0.239 e. The lowest BCUT2D eigenvalue weighted by atomic mass is 10.2. The van der Waals surface area contributed by atoms with E-state index >= 15 is 0 Å². The highest BCUT2D eigenvalue weighted by atomic mass is 32.2. The minimum atomic E-state index is 0.310. The van der Waals surface area contributed by atoms with Gasteiger partial charge in [-0.1, -0.05) is 67.2 Å². The molecule has 2 aromatic carbocycles. The Morgan fingerprint density at radius 3 is 2.25 bits per heavy atom. The van der Waals surface area contributed by atoms with Gasteiger partial charge in [0, 0.05) is 4.90 Å². The molecule has 0 aromatic heterocycles. The molecule has 2 rings (SSSR count). The van der Waals surface area contributed by atoms with Crippen molar-refractivity contribution in [2.45, 2.75) is 31.2 Å². The summed E-state index contributed by atoms with van der Waals surface area (Å²) >= 11 is 1.71. The van der Waals surface area contributed by atoms with E-state index in [1.807, 2.05) is 24.3 Å². The Morgan fingerprint density at radius 2 is 1.65 bits per heavy atom. The Hall–Kier alpha value is -1.76. The van der Waals surface area contributed by atoms with E-state index in [-0.39, 0.29) is 0 Å². The van der Waals surface area contributed by atoms with Gasteiger partial charge in [0.15, 0.2) is 0 Å². The summed E-state index contributed by atoms with van der Waals surface area (Å²) in [5, 5.41) is 0. The van der Waals surface area contributed by atoms with Gasteiger partial charge in [-0.05, 0) is 36.9 Å². The maximum absolute atomic E-state index is 4.51. The number of hydrogen-bond acceptors (Lipinski definition) is 2. The molecule has 0 aliphatic rings. The van der Waals surface area contributed by atoms with E-state index in [1.54, 1.807) is 11.8 Å². The van der Waals surface area contributed by atoms with E-state index in [2.05, 4.69) is 61.1 Å². The van der Waals surface area contributed by atoms with Crippen LogP contribution in [-0.4, -0.2) is 11.9 Å². The summed E-state index contributed by atoms with van der Waals surface area (Å²) in [6, 6.07) is 21.0. The van der Waals surface area contributed by atoms with Crippen LogP contribution in [0, 0.1) is 0 Å². The van der Waals surface area contributed by atoms with Gasteiger partial charge in [0.05, 0.1) is 10.9 Å². The monoisotopic (exact) mass is 281 g/mol. The molecule has 2 heteroatoms. The van der Waals surface area contributed by atoms with Gasteiger partial charge in [0.25, 0.3) is 0 Å². The molecule has 0 aliphatic heterocycles. The summed E-state index contributed by atoms with van der Waals surface area (Å²) in [4.78, 5) is 6.78. The summed E-state index contributed by atoms with van der Waals surface area (Å²) in [6.45, 7) is 4.26. The fraction of sp³-hybridized carbons (Fsp3) is 0.222. The smallest absolute Gasteiger partial charge is 0.0805 e. The maximum Gasteiger partial charge on any atom is 0.0805 e. The Labute approximate surface area is 125 Å². The molecule has 20 heavy (non-hydrogen) atoms. The van der Waals surface area contributed by atoms with Gasteiger partial charge < -0.3 is 0 Å².